The molecule has 3 aromatic rings. The van der Waals surface area contributed by atoms with Gasteiger partial charge in [0.15, 0.2) is 0 Å². The third-order valence-electron chi connectivity index (χ3n) is 3.96. The summed E-state index contributed by atoms with van der Waals surface area (Å²) >= 11 is 0. The summed E-state index contributed by atoms with van der Waals surface area (Å²) in [6.07, 6.45) is 0. The molecule has 0 aliphatic carbocycles. The zero-order valence-electron chi connectivity index (χ0n) is 17.9. The van der Waals surface area contributed by atoms with Gasteiger partial charge in [-0.1, -0.05) is 72.8 Å². The average Bonchev–Trinajstić information content (AvgIpc) is 3.18. The van der Waals surface area contributed by atoms with Crippen molar-refractivity contribution in [2.24, 2.45) is 0 Å². The van der Waals surface area contributed by atoms with Gasteiger partial charge in [-0.2, -0.15) is 0 Å². The van der Waals surface area contributed by atoms with Crippen molar-refractivity contribution in [1.82, 2.24) is 9.80 Å². The van der Waals surface area contributed by atoms with Crippen LogP contribution in [0, 0.1) is 0 Å². The second-order valence-electron chi connectivity index (χ2n) is 7.30. The first-order chi connectivity index (χ1) is 14.0. The summed E-state index contributed by atoms with van der Waals surface area (Å²) in [7, 11) is 7.60. The third kappa shape index (κ3) is 9.43. The quantitative estimate of drug-likeness (QED) is 0.610. The van der Waals surface area contributed by atoms with Crippen LogP contribution in [-0.2, 0) is 13.1 Å². The van der Waals surface area contributed by atoms with E-state index in [2.05, 4.69) is 86.5 Å². The van der Waals surface area contributed by atoms with Gasteiger partial charge in [-0.3, -0.25) is 0 Å². The van der Waals surface area contributed by atoms with Gasteiger partial charge in [-0.15, -0.1) is 0 Å². The molecule has 0 amide bonds. The van der Waals surface area contributed by atoms with E-state index in [0.29, 0.717) is 0 Å². The zero-order valence-corrected chi connectivity index (χ0v) is 19.3. The molecule has 3 aromatic carbocycles. The summed E-state index contributed by atoms with van der Waals surface area (Å²) in [5.74, 6) is 1.81. The van der Waals surface area contributed by atoms with Crippen LogP contribution in [0.2, 0.25) is 0 Å². The van der Waals surface area contributed by atoms with E-state index in [9.17, 15) is 0 Å². The lowest BCUT2D eigenvalue weighted by Crippen LogP contribution is -2.10. The van der Waals surface area contributed by atoms with Crippen molar-refractivity contribution in [2.45, 2.75) is 13.1 Å². The number of para-hydroxylation sites is 2. The smallest absolute Gasteiger partial charge is 0.427 e. The van der Waals surface area contributed by atoms with Crippen molar-refractivity contribution < 1.29 is 8.85 Å². The molecule has 0 bridgehead atoms. The lowest BCUT2D eigenvalue weighted by molar-refractivity contribution is 0.402. The van der Waals surface area contributed by atoms with Gasteiger partial charge in [0.1, 0.15) is 11.5 Å². The van der Waals surface area contributed by atoms with Crippen LogP contribution in [0.1, 0.15) is 11.1 Å². The first kappa shape index (κ1) is 22.7. The number of nitrogens with zero attached hydrogens (tertiary/aromatic N) is 2. The molecule has 0 aromatic heterocycles. The summed E-state index contributed by atoms with van der Waals surface area (Å²) in [6.45, 7) is 2.06. The Kier molecular flexibility index (Phi) is 9.99. The van der Waals surface area contributed by atoms with Gasteiger partial charge in [0.05, 0.1) is 0 Å². The number of benzene rings is 3. The first-order valence-electron chi connectivity index (χ1n) is 9.76. The van der Waals surface area contributed by atoms with Crippen molar-refractivity contribution in [3.8, 4) is 11.5 Å². The van der Waals surface area contributed by atoms with E-state index in [1.165, 1.54) is 11.1 Å². The third-order valence-corrected chi connectivity index (χ3v) is 4.82. The van der Waals surface area contributed by atoms with Gasteiger partial charge in [-0.05, 0) is 51.5 Å². The molecular formula is C24H32N2O2Si. The fourth-order valence-corrected chi connectivity index (χ4v) is 3.53. The van der Waals surface area contributed by atoms with Crippen LogP contribution >= 0.6 is 0 Å². The highest BCUT2D eigenvalue weighted by molar-refractivity contribution is 6.22. The Hall–Kier alpha value is -2.60. The Labute approximate surface area is 177 Å². The molecule has 1 heterocycles. The van der Waals surface area contributed by atoms with Crippen LogP contribution in [-0.4, -0.2) is 48.0 Å². The van der Waals surface area contributed by atoms with E-state index in [-0.39, 0.29) is 0 Å². The Morgan fingerprint density at radius 1 is 0.552 bits per heavy atom. The standard InChI is InChI=1S/2C9H13N.C6H6O2Si/c2*1-10(2)8-9-6-4-3-5-7-9;1-2-4-6-5(3-1)7-9-8-6/h2*3-7H,8H2,1-2H3;1-4H,9H2. The van der Waals surface area contributed by atoms with Crippen LogP contribution in [0.4, 0.5) is 0 Å². The Morgan fingerprint density at radius 2 is 0.897 bits per heavy atom. The van der Waals surface area contributed by atoms with E-state index in [4.69, 9.17) is 8.85 Å². The number of rotatable bonds is 4. The van der Waals surface area contributed by atoms with Crippen molar-refractivity contribution in [2.75, 3.05) is 28.2 Å². The van der Waals surface area contributed by atoms with Crippen molar-refractivity contribution in [1.29, 1.82) is 0 Å². The predicted molar refractivity (Wildman–Crippen MR) is 124 cm³/mol. The van der Waals surface area contributed by atoms with Gasteiger partial charge >= 0.3 is 10.0 Å². The van der Waals surface area contributed by atoms with Gasteiger partial charge in [0.2, 0.25) is 0 Å². The maximum atomic E-state index is 5.22. The first-order valence-corrected chi connectivity index (χ1v) is 10.9. The summed E-state index contributed by atoms with van der Waals surface area (Å²) < 4.78 is 10.4. The van der Waals surface area contributed by atoms with Crippen LogP contribution in [0.5, 0.6) is 11.5 Å². The minimum Gasteiger partial charge on any atom is -0.513 e. The second kappa shape index (κ2) is 12.8. The van der Waals surface area contributed by atoms with E-state index < -0.39 is 10.0 Å². The minimum absolute atomic E-state index is 0.710. The molecule has 0 radical (unpaired) electrons. The van der Waals surface area contributed by atoms with Crippen molar-refractivity contribution in [3.05, 3.63) is 96.1 Å². The van der Waals surface area contributed by atoms with Gasteiger partial charge in [0, 0.05) is 13.1 Å². The number of hydrogen-bond donors (Lipinski definition) is 0. The normalized spacial score (nSPS) is 11.4. The predicted octanol–water partition coefficient (Wildman–Crippen LogP) is 3.95. The summed E-state index contributed by atoms with van der Waals surface area (Å²) in [5.41, 5.74) is 2.74. The fraction of sp³-hybridized carbons (Fsp3) is 0.250. The molecule has 0 fully saturated rings. The Morgan fingerprint density at radius 3 is 1.24 bits per heavy atom. The molecule has 4 rings (SSSR count). The van der Waals surface area contributed by atoms with Crippen LogP contribution in [0.25, 0.3) is 0 Å². The molecule has 0 unspecified atom stereocenters. The summed E-state index contributed by atoms with van der Waals surface area (Å²) in [5, 5.41) is 0. The van der Waals surface area contributed by atoms with Crippen LogP contribution < -0.4 is 8.85 Å². The van der Waals surface area contributed by atoms with Crippen molar-refractivity contribution in [3.63, 3.8) is 0 Å². The topological polar surface area (TPSA) is 24.9 Å². The lowest BCUT2D eigenvalue weighted by Gasteiger charge is -2.08. The maximum Gasteiger partial charge on any atom is 0.427 e. The largest absolute Gasteiger partial charge is 0.513 e. The van der Waals surface area contributed by atoms with Crippen LogP contribution in [0.3, 0.4) is 0 Å². The molecule has 0 atom stereocenters. The maximum absolute atomic E-state index is 5.22. The highest BCUT2D eigenvalue weighted by Gasteiger charge is 2.10. The van der Waals surface area contributed by atoms with Crippen molar-refractivity contribution >= 4 is 10.0 Å². The number of hydrogen-bond acceptors (Lipinski definition) is 4. The zero-order chi connectivity index (χ0) is 20.9. The van der Waals surface area contributed by atoms with E-state index in [1.807, 2.05) is 36.4 Å². The lowest BCUT2D eigenvalue weighted by atomic mass is 10.2. The van der Waals surface area contributed by atoms with Gasteiger partial charge in [-0.25, -0.2) is 0 Å². The number of fused-ring (bicyclic) bond motifs is 1. The summed E-state index contributed by atoms with van der Waals surface area (Å²) in [6, 6.07) is 28.7. The molecule has 5 heteroatoms. The second-order valence-corrected chi connectivity index (χ2v) is 8.11. The molecule has 0 saturated carbocycles. The minimum atomic E-state index is -0.710. The Balaban J connectivity index is 0.000000155. The molecule has 4 nitrogen and oxygen atoms in total. The molecule has 29 heavy (non-hydrogen) atoms. The molecule has 0 N–H and O–H groups in total. The molecule has 0 spiro atoms. The Bertz CT molecular complexity index is 743. The highest BCUT2D eigenvalue weighted by Crippen LogP contribution is 2.29. The summed E-state index contributed by atoms with van der Waals surface area (Å²) in [4.78, 5) is 4.32. The fourth-order valence-electron chi connectivity index (χ4n) is 2.74. The van der Waals surface area contributed by atoms with Gasteiger partial charge in [0.25, 0.3) is 0 Å². The van der Waals surface area contributed by atoms with Crippen LogP contribution in [0.15, 0.2) is 84.9 Å². The van der Waals surface area contributed by atoms with E-state index in [1.54, 1.807) is 0 Å². The molecule has 1 aliphatic rings. The molecule has 0 saturated heterocycles. The molecule has 1 aliphatic heterocycles. The monoisotopic (exact) mass is 408 g/mol. The highest BCUT2D eigenvalue weighted by atomic mass is 28.3. The van der Waals surface area contributed by atoms with Gasteiger partial charge < -0.3 is 18.7 Å². The SMILES string of the molecule is CN(C)Cc1ccccc1.CN(C)Cc1ccccc1.c1ccc2c(c1)O[SiH2]O2. The average molecular weight is 409 g/mol. The van der Waals surface area contributed by atoms with E-state index >= 15 is 0 Å². The molecule has 154 valence electrons. The van der Waals surface area contributed by atoms with E-state index in [0.717, 1.165) is 24.6 Å². The molecular weight excluding hydrogens is 376 g/mol.